The number of carboxylic acids is 1. The van der Waals surface area contributed by atoms with Crippen molar-refractivity contribution in [3.8, 4) is 0 Å². The summed E-state index contributed by atoms with van der Waals surface area (Å²) in [6.45, 7) is 5.77. The highest BCUT2D eigenvalue weighted by atomic mass is 16.4. The Labute approximate surface area is 142 Å². The first-order valence-corrected chi connectivity index (χ1v) is 8.03. The molecule has 2 aromatic rings. The zero-order valence-electron chi connectivity index (χ0n) is 14.2. The summed E-state index contributed by atoms with van der Waals surface area (Å²) >= 11 is 0. The van der Waals surface area contributed by atoms with Crippen LogP contribution in [0.3, 0.4) is 0 Å². The Kier molecular flexibility index (Phi) is 5.74. The molecule has 0 saturated carbocycles. The number of nitrogens with one attached hydrogen (secondary N) is 1. The Hall–Kier alpha value is -2.62. The topological polar surface area (TPSA) is 66.4 Å². The molecular formula is C20H23NO3. The summed E-state index contributed by atoms with van der Waals surface area (Å²) in [7, 11) is 0. The van der Waals surface area contributed by atoms with Gasteiger partial charge in [-0.05, 0) is 42.5 Å². The van der Waals surface area contributed by atoms with Crippen molar-refractivity contribution < 1.29 is 14.7 Å². The van der Waals surface area contributed by atoms with Crippen molar-refractivity contribution in [2.24, 2.45) is 5.92 Å². The molecule has 4 heteroatoms. The summed E-state index contributed by atoms with van der Waals surface area (Å²) in [4.78, 5) is 24.0. The number of hydrogen-bond donors (Lipinski definition) is 2. The van der Waals surface area contributed by atoms with Crippen LogP contribution in [0.1, 0.15) is 36.0 Å². The van der Waals surface area contributed by atoms with E-state index in [-0.39, 0.29) is 18.2 Å². The van der Waals surface area contributed by atoms with Crippen molar-refractivity contribution in [2.45, 2.75) is 33.1 Å². The van der Waals surface area contributed by atoms with Gasteiger partial charge in [-0.3, -0.25) is 9.59 Å². The number of benzene rings is 2. The van der Waals surface area contributed by atoms with Gasteiger partial charge in [-0.15, -0.1) is 0 Å². The Balaban J connectivity index is 2.25. The largest absolute Gasteiger partial charge is 0.481 e. The second kappa shape index (κ2) is 7.77. The van der Waals surface area contributed by atoms with E-state index in [2.05, 4.69) is 5.32 Å². The predicted molar refractivity (Wildman–Crippen MR) is 95.1 cm³/mol. The normalized spacial score (nSPS) is 13.1. The highest BCUT2D eigenvalue weighted by Gasteiger charge is 2.29. The molecule has 0 heterocycles. The van der Waals surface area contributed by atoms with Gasteiger partial charge in [-0.2, -0.15) is 0 Å². The fourth-order valence-corrected chi connectivity index (χ4v) is 2.77. The first-order chi connectivity index (χ1) is 11.4. The van der Waals surface area contributed by atoms with Gasteiger partial charge in [-0.1, -0.05) is 49.4 Å². The average Bonchev–Trinajstić information content (AvgIpc) is 2.56. The van der Waals surface area contributed by atoms with Crippen LogP contribution in [0.4, 0.5) is 5.69 Å². The summed E-state index contributed by atoms with van der Waals surface area (Å²) in [6, 6.07) is 15.4. The molecule has 0 aromatic heterocycles. The van der Waals surface area contributed by atoms with Gasteiger partial charge in [0.05, 0.1) is 12.3 Å². The fourth-order valence-electron chi connectivity index (χ4n) is 2.77. The van der Waals surface area contributed by atoms with Crippen LogP contribution in [0.25, 0.3) is 0 Å². The maximum absolute atomic E-state index is 12.8. The van der Waals surface area contributed by atoms with Crippen molar-refractivity contribution in [2.75, 3.05) is 5.32 Å². The van der Waals surface area contributed by atoms with E-state index in [1.54, 1.807) is 0 Å². The third-order valence-electron chi connectivity index (χ3n) is 4.31. The van der Waals surface area contributed by atoms with Crippen molar-refractivity contribution in [1.82, 2.24) is 0 Å². The molecule has 1 amide bonds. The van der Waals surface area contributed by atoms with Crippen molar-refractivity contribution >= 4 is 17.6 Å². The summed E-state index contributed by atoms with van der Waals surface area (Å²) in [5.74, 6) is -2.06. The summed E-state index contributed by atoms with van der Waals surface area (Å²) in [5, 5.41) is 12.1. The lowest BCUT2D eigenvalue weighted by atomic mass is 9.84. The van der Waals surface area contributed by atoms with E-state index >= 15 is 0 Å². The van der Waals surface area contributed by atoms with Crippen molar-refractivity contribution in [3.05, 3.63) is 65.2 Å². The maximum atomic E-state index is 12.8. The molecule has 0 saturated heterocycles. The molecule has 126 valence electrons. The smallest absolute Gasteiger partial charge is 0.304 e. The number of aryl methyl sites for hydroxylation is 2. The first-order valence-electron chi connectivity index (χ1n) is 8.03. The summed E-state index contributed by atoms with van der Waals surface area (Å²) in [5.41, 5.74) is 3.69. The second-order valence-corrected chi connectivity index (χ2v) is 6.21. The lowest BCUT2D eigenvalue weighted by Crippen LogP contribution is -2.29. The van der Waals surface area contributed by atoms with Crippen molar-refractivity contribution in [1.29, 1.82) is 0 Å². The molecule has 4 nitrogen and oxygen atoms in total. The van der Waals surface area contributed by atoms with Crippen LogP contribution in [0.5, 0.6) is 0 Å². The van der Waals surface area contributed by atoms with Gasteiger partial charge in [-0.25, -0.2) is 0 Å². The van der Waals surface area contributed by atoms with E-state index in [0.29, 0.717) is 0 Å². The zero-order chi connectivity index (χ0) is 17.7. The zero-order valence-corrected chi connectivity index (χ0v) is 14.2. The van der Waals surface area contributed by atoms with E-state index < -0.39 is 11.9 Å². The van der Waals surface area contributed by atoms with Gasteiger partial charge < -0.3 is 10.4 Å². The summed E-state index contributed by atoms with van der Waals surface area (Å²) < 4.78 is 0. The minimum absolute atomic E-state index is 0.188. The number of carbonyl (C=O) groups is 2. The molecule has 0 spiro atoms. The molecular weight excluding hydrogens is 302 g/mol. The maximum Gasteiger partial charge on any atom is 0.304 e. The molecule has 2 unspecified atom stereocenters. The van der Waals surface area contributed by atoms with Crippen LogP contribution in [0.2, 0.25) is 0 Å². The minimum Gasteiger partial charge on any atom is -0.481 e. The third kappa shape index (κ3) is 4.44. The first kappa shape index (κ1) is 17.7. The number of anilines is 1. The predicted octanol–water partition coefficient (Wildman–Crippen LogP) is 4.14. The van der Waals surface area contributed by atoms with Crippen LogP contribution in [-0.2, 0) is 9.59 Å². The van der Waals surface area contributed by atoms with Gasteiger partial charge in [0.15, 0.2) is 0 Å². The number of carboxylic acid groups (broad SMARTS) is 1. The Morgan fingerprint density at radius 1 is 1.08 bits per heavy atom. The van der Waals surface area contributed by atoms with Crippen LogP contribution in [-0.4, -0.2) is 17.0 Å². The Morgan fingerprint density at radius 3 is 2.38 bits per heavy atom. The van der Waals surface area contributed by atoms with Gasteiger partial charge in [0.1, 0.15) is 0 Å². The Morgan fingerprint density at radius 2 is 1.75 bits per heavy atom. The highest BCUT2D eigenvalue weighted by Crippen LogP contribution is 2.29. The standard InChI is InChI=1S/C20H23NO3/c1-13-9-10-14(2)18(11-13)21-20(24)17(12-19(22)23)15(3)16-7-5-4-6-8-16/h4-11,15,17H,12H2,1-3H3,(H,21,24)(H,22,23). The van der Waals surface area contributed by atoms with Crippen LogP contribution in [0, 0.1) is 19.8 Å². The van der Waals surface area contributed by atoms with Crippen LogP contribution < -0.4 is 5.32 Å². The quantitative estimate of drug-likeness (QED) is 0.839. The monoisotopic (exact) mass is 325 g/mol. The second-order valence-electron chi connectivity index (χ2n) is 6.21. The number of rotatable bonds is 6. The third-order valence-corrected chi connectivity index (χ3v) is 4.31. The van der Waals surface area contributed by atoms with Gasteiger partial charge in [0.25, 0.3) is 0 Å². The molecule has 0 aliphatic heterocycles. The van der Waals surface area contributed by atoms with Crippen molar-refractivity contribution in [3.63, 3.8) is 0 Å². The number of amides is 1. The van der Waals surface area contributed by atoms with E-state index in [0.717, 1.165) is 22.4 Å². The molecule has 0 aliphatic rings. The number of carbonyl (C=O) groups excluding carboxylic acids is 1. The number of aliphatic carboxylic acids is 1. The van der Waals surface area contributed by atoms with E-state index in [9.17, 15) is 14.7 Å². The van der Waals surface area contributed by atoms with Gasteiger partial charge >= 0.3 is 5.97 Å². The SMILES string of the molecule is Cc1ccc(C)c(NC(=O)C(CC(=O)O)C(C)c2ccccc2)c1. The molecule has 0 radical (unpaired) electrons. The van der Waals surface area contributed by atoms with E-state index in [1.807, 2.05) is 69.3 Å². The molecule has 2 rings (SSSR count). The number of hydrogen-bond acceptors (Lipinski definition) is 2. The molecule has 0 fully saturated rings. The molecule has 2 N–H and O–H groups in total. The average molecular weight is 325 g/mol. The molecule has 0 aliphatic carbocycles. The summed E-state index contributed by atoms with van der Waals surface area (Å²) in [6.07, 6.45) is -0.202. The van der Waals surface area contributed by atoms with E-state index in [1.165, 1.54) is 0 Å². The lowest BCUT2D eigenvalue weighted by Gasteiger charge is -2.23. The molecule has 2 atom stereocenters. The van der Waals surface area contributed by atoms with Gasteiger partial charge in [0.2, 0.25) is 5.91 Å². The molecule has 0 bridgehead atoms. The molecule has 24 heavy (non-hydrogen) atoms. The van der Waals surface area contributed by atoms with Crippen LogP contribution >= 0.6 is 0 Å². The Bertz CT molecular complexity index is 725. The van der Waals surface area contributed by atoms with E-state index in [4.69, 9.17) is 0 Å². The lowest BCUT2D eigenvalue weighted by molar-refractivity contribution is -0.140. The van der Waals surface area contributed by atoms with Gasteiger partial charge in [0, 0.05) is 5.69 Å². The minimum atomic E-state index is -0.973. The molecule has 2 aromatic carbocycles. The van der Waals surface area contributed by atoms with Crippen LogP contribution in [0.15, 0.2) is 48.5 Å². The fraction of sp³-hybridized carbons (Fsp3) is 0.300. The highest BCUT2D eigenvalue weighted by molar-refractivity contribution is 5.95.